The van der Waals surface area contributed by atoms with Gasteiger partial charge in [-0.3, -0.25) is 9.78 Å². The van der Waals surface area contributed by atoms with Crippen molar-refractivity contribution in [3.8, 4) is 5.75 Å². The highest BCUT2D eigenvalue weighted by Crippen LogP contribution is 2.26. The minimum absolute atomic E-state index is 0.0257. The molecule has 1 amide bonds. The maximum atomic E-state index is 12.0. The number of aromatic nitrogens is 1. The predicted molar refractivity (Wildman–Crippen MR) is 69.4 cm³/mol. The van der Waals surface area contributed by atoms with Crippen molar-refractivity contribution in [2.45, 2.75) is 45.1 Å². The molecule has 0 radical (unpaired) electrons. The molecule has 18 heavy (non-hydrogen) atoms. The molecule has 0 spiro atoms. The summed E-state index contributed by atoms with van der Waals surface area (Å²) in [7, 11) is 0. The third-order valence-electron chi connectivity index (χ3n) is 3.68. The summed E-state index contributed by atoms with van der Waals surface area (Å²) < 4.78 is 0. The topological polar surface area (TPSA) is 62.2 Å². The number of amides is 1. The molecule has 98 valence electrons. The Hall–Kier alpha value is -1.58. The molecule has 1 aliphatic rings. The fraction of sp³-hybridized carbons (Fsp3) is 0.571. The van der Waals surface area contributed by atoms with Crippen LogP contribution in [0.1, 0.15) is 49.4 Å². The van der Waals surface area contributed by atoms with E-state index in [2.05, 4.69) is 17.2 Å². The van der Waals surface area contributed by atoms with E-state index < -0.39 is 0 Å². The summed E-state index contributed by atoms with van der Waals surface area (Å²) >= 11 is 0. The molecule has 4 heteroatoms. The minimum atomic E-state index is -0.139. The molecule has 1 aromatic heterocycles. The van der Waals surface area contributed by atoms with Crippen molar-refractivity contribution in [1.82, 2.24) is 10.3 Å². The van der Waals surface area contributed by atoms with Gasteiger partial charge in [-0.15, -0.1) is 0 Å². The molecule has 1 saturated carbocycles. The number of nitrogens with one attached hydrogen (secondary N) is 1. The Bertz CT molecular complexity index is 420. The molecule has 1 aromatic rings. The third kappa shape index (κ3) is 3.22. The fourth-order valence-electron chi connectivity index (χ4n) is 2.61. The second kappa shape index (κ2) is 5.85. The quantitative estimate of drug-likeness (QED) is 0.863. The molecule has 2 unspecified atom stereocenters. The number of carbonyl (C=O) groups excluding carboxylic acids is 1. The van der Waals surface area contributed by atoms with Crippen LogP contribution in [0.15, 0.2) is 18.5 Å². The number of carbonyl (C=O) groups is 1. The average Bonchev–Trinajstić information content (AvgIpc) is 2.39. The van der Waals surface area contributed by atoms with Crippen molar-refractivity contribution in [3.63, 3.8) is 0 Å². The van der Waals surface area contributed by atoms with Crippen LogP contribution < -0.4 is 5.32 Å². The number of hydrogen-bond donors (Lipinski definition) is 2. The van der Waals surface area contributed by atoms with Gasteiger partial charge in [-0.2, -0.15) is 0 Å². The van der Waals surface area contributed by atoms with Crippen molar-refractivity contribution in [3.05, 3.63) is 24.0 Å². The fourth-order valence-corrected chi connectivity index (χ4v) is 2.61. The lowest BCUT2D eigenvalue weighted by molar-refractivity contribution is 0.0918. The van der Waals surface area contributed by atoms with Gasteiger partial charge in [0, 0.05) is 12.2 Å². The van der Waals surface area contributed by atoms with E-state index in [0.29, 0.717) is 5.56 Å². The van der Waals surface area contributed by atoms with Gasteiger partial charge in [0.15, 0.2) is 0 Å². The number of rotatable bonds is 3. The van der Waals surface area contributed by atoms with E-state index in [0.717, 1.165) is 18.8 Å². The summed E-state index contributed by atoms with van der Waals surface area (Å²) in [5.41, 5.74) is 0.425. The largest absolute Gasteiger partial charge is 0.506 e. The molecule has 2 rings (SSSR count). The second-order valence-corrected chi connectivity index (χ2v) is 5.04. The van der Waals surface area contributed by atoms with Crippen LogP contribution in [0.4, 0.5) is 0 Å². The zero-order valence-electron chi connectivity index (χ0n) is 10.7. The summed E-state index contributed by atoms with van der Waals surface area (Å²) in [6.45, 7) is 2.20. The highest BCUT2D eigenvalue weighted by Gasteiger charge is 2.22. The van der Waals surface area contributed by atoms with Crippen LogP contribution in [-0.4, -0.2) is 22.0 Å². The molecule has 1 aliphatic carbocycles. The van der Waals surface area contributed by atoms with Gasteiger partial charge >= 0.3 is 0 Å². The lowest BCUT2D eigenvalue weighted by Crippen LogP contribution is -2.38. The molecular formula is C14H20N2O2. The molecule has 4 nitrogen and oxygen atoms in total. The number of hydrogen-bond acceptors (Lipinski definition) is 3. The van der Waals surface area contributed by atoms with Gasteiger partial charge < -0.3 is 10.4 Å². The molecule has 0 aromatic carbocycles. The van der Waals surface area contributed by atoms with Crippen LogP contribution in [0.2, 0.25) is 0 Å². The van der Waals surface area contributed by atoms with E-state index in [4.69, 9.17) is 0 Å². The standard InChI is InChI=1S/C14H20N2O2/c1-2-10-4-3-5-12(6-10)16-14(18)11-7-13(17)9-15-8-11/h7-10,12,17H,2-6H2,1H3,(H,16,18). The Balaban J connectivity index is 1.95. The van der Waals surface area contributed by atoms with Crippen molar-refractivity contribution in [2.24, 2.45) is 5.92 Å². The summed E-state index contributed by atoms with van der Waals surface area (Å²) in [4.78, 5) is 15.8. The van der Waals surface area contributed by atoms with Gasteiger partial charge in [0.1, 0.15) is 5.75 Å². The monoisotopic (exact) mass is 248 g/mol. The van der Waals surface area contributed by atoms with Gasteiger partial charge in [-0.25, -0.2) is 0 Å². The zero-order valence-corrected chi connectivity index (χ0v) is 10.7. The van der Waals surface area contributed by atoms with Crippen molar-refractivity contribution < 1.29 is 9.90 Å². The molecular weight excluding hydrogens is 228 g/mol. The van der Waals surface area contributed by atoms with E-state index in [1.54, 1.807) is 0 Å². The number of aromatic hydroxyl groups is 1. The maximum absolute atomic E-state index is 12.0. The Morgan fingerprint density at radius 3 is 3.06 bits per heavy atom. The number of pyridine rings is 1. The van der Waals surface area contributed by atoms with Crippen LogP contribution in [0.5, 0.6) is 5.75 Å². The summed E-state index contributed by atoms with van der Waals surface area (Å²) in [6.07, 6.45) is 8.56. The maximum Gasteiger partial charge on any atom is 0.253 e. The number of nitrogens with zero attached hydrogens (tertiary/aromatic N) is 1. The highest BCUT2D eigenvalue weighted by molar-refractivity contribution is 5.94. The van der Waals surface area contributed by atoms with Gasteiger partial charge in [-0.05, 0) is 24.8 Å². The third-order valence-corrected chi connectivity index (χ3v) is 3.68. The van der Waals surface area contributed by atoms with Crippen molar-refractivity contribution in [1.29, 1.82) is 0 Å². The Kier molecular flexibility index (Phi) is 4.18. The summed E-state index contributed by atoms with van der Waals surface area (Å²) in [6, 6.07) is 1.71. The Morgan fingerprint density at radius 1 is 1.50 bits per heavy atom. The van der Waals surface area contributed by atoms with E-state index >= 15 is 0 Å². The Morgan fingerprint density at radius 2 is 2.33 bits per heavy atom. The lowest BCUT2D eigenvalue weighted by Gasteiger charge is -2.29. The van der Waals surface area contributed by atoms with Crippen LogP contribution in [0.25, 0.3) is 0 Å². The van der Waals surface area contributed by atoms with E-state index in [1.165, 1.54) is 37.7 Å². The second-order valence-electron chi connectivity index (χ2n) is 5.04. The molecule has 2 N–H and O–H groups in total. The van der Waals surface area contributed by atoms with E-state index in [9.17, 15) is 9.90 Å². The normalized spacial score (nSPS) is 23.6. The highest BCUT2D eigenvalue weighted by atomic mass is 16.3. The zero-order chi connectivity index (χ0) is 13.0. The Labute approximate surface area is 107 Å². The van der Waals surface area contributed by atoms with E-state index in [-0.39, 0.29) is 17.7 Å². The first-order valence-electron chi connectivity index (χ1n) is 6.64. The van der Waals surface area contributed by atoms with Gasteiger partial charge in [-0.1, -0.05) is 26.2 Å². The molecule has 1 fully saturated rings. The van der Waals surface area contributed by atoms with Crippen LogP contribution in [0, 0.1) is 5.92 Å². The average molecular weight is 248 g/mol. The predicted octanol–water partition coefficient (Wildman–Crippen LogP) is 2.49. The summed E-state index contributed by atoms with van der Waals surface area (Å²) in [5.74, 6) is 0.615. The van der Waals surface area contributed by atoms with E-state index in [1.807, 2.05) is 0 Å². The first-order chi connectivity index (χ1) is 8.69. The van der Waals surface area contributed by atoms with Gasteiger partial charge in [0.25, 0.3) is 5.91 Å². The van der Waals surface area contributed by atoms with Gasteiger partial charge in [0.2, 0.25) is 0 Å². The SMILES string of the molecule is CCC1CCCC(NC(=O)c2cncc(O)c2)C1. The van der Waals surface area contributed by atoms with Gasteiger partial charge in [0.05, 0.1) is 11.8 Å². The minimum Gasteiger partial charge on any atom is -0.506 e. The molecule has 0 saturated heterocycles. The van der Waals surface area contributed by atoms with Crippen LogP contribution >= 0.6 is 0 Å². The molecule has 0 aliphatic heterocycles. The smallest absolute Gasteiger partial charge is 0.253 e. The van der Waals surface area contributed by atoms with Crippen LogP contribution in [0.3, 0.4) is 0 Å². The first kappa shape index (κ1) is 12.9. The molecule has 2 atom stereocenters. The van der Waals surface area contributed by atoms with Crippen molar-refractivity contribution >= 4 is 5.91 Å². The molecule has 0 bridgehead atoms. The first-order valence-corrected chi connectivity index (χ1v) is 6.64. The van der Waals surface area contributed by atoms with Crippen molar-refractivity contribution in [2.75, 3.05) is 0 Å². The molecule has 1 heterocycles. The van der Waals surface area contributed by atoms with Crippen LogP contribution in [-0.2, 0) is 0 Å². The summed E-state index contributed by atoms with van der Waals surface area (Å²) in [5, 5.41) is 12.3. The lowest BCUT2D eigenvalue weighted by atomic mass is 9.84.